The molecule has 0 fully saturated rings. The Kier molecular flexibility index (Phi) is 33.4. The summed E-state index contributed by atoms with van der Waals surface area (Å²) in [5.74, 6) is -0.133. The summed E-state index contributed by atoms with van der Waals surface area (Å²) in [6.07, 6.45) is 45.3. The quantitative estimate of drug-likeness (QED) is 0.0440. The number of aliphatic hydroxyl groups excluding tert-OH is 3. The molecule has 0 bridgehead atoms. The third-order valence-electron chi connectivity index (χ3n) is 8.16. The molecule has 0 unspecified atom stereocenters. The van der Waals surface area contributed by atoms with Gasteiger partial charge in [-0.3, -0.25) is 4.79 Å². The number of aliphatic hydroxyl groups is 3. The Morgan fingerprint density at radius 2 is 1.07 bits per heavy atom. The van der Waals surface area contributed by atoms with Crippen molar-refractivity contribution in [2.75, 3.05) is 6.61 Å². The molecule has 4 N–H and O–H groups in total. The number of unbranched alkanes of at least 4 members (excludes halogenated alkanes) is 14. The largest absolute Gasteiger partial charge is 0.394 e. The van der Waals surface area contributed by atoms with Gasteiger partial charge < -0.3 is 20.6 Å². The molecule has 1 amide bonds. The number of amides is 1. The van der Waals surface area contributed by atoms with Crippen LogP contribution in [-0.2, 0) is 4.79 Å². The molecule has 0 saturated carbocycles. The van der Waals surface area contributed by atoms with Crippen molar-refractivity contribution < 1.29 is 20.1 Å². The molecule has 0 aromatic carbocycles. The lowest BCUT2D eigenvalue weighted by atomic mass is 10.0. The standard InChI is InChI=1S/C40H71NO4/c1-3-5-6-7-8-9-10-11-12-16-19-22-25-28-31-34-39(44)38(36-42)41-40(45)35-32-29-26-23-20-17-14-13-15-18-21-24-27-30-33-37(43)4-2/h14-15,17-18,23-24,26-27,31,34,37-39,42-44H,3-13,16,19-22,25,28-30,32-33,35-36H2,1-2H3,(H,41,45)/b17-14-,18-15-,26-23-,27-24-,34-31+/t37-,38+,39-/m1/s1. The Morgan fingerprint density at radius 3 is 1.58 bits per heavy atom. The lowest BCUT2D eigenvalue weighted by molar-refractivity contribution is -0.122. The Bertz CT molecular complexity index is 785. The van der Waals surface area contributed by atoms with Gasteiger partial charge in [0.15, 0.2) is 0 Å². The van der Waals surface area contributed by atoms with Crippen LogP contribution in [-0.4, -0.2) is 46.1 Å². The smallest absolute Gasteiger partial charge is 0.220 e. The maximum Gasteiger partial charge on any atom is 0.220 e. The van der Waals surface area contributed by atoms with E-state index >= 15 is 0 Å². The molecule has 5 heteroatoms. The van der Waals surface area contributed by atoms with Crippen molar-refractivity contribution in [3.63, 3.8) is 0 Å². The Morgan fingerprint density at radius 1 is 0.600 bits per heavy atom. The number of rotatable bonds is 32. The third kappa shape index (κ3) is 31.8. The summed E-state index contributed by atoms with van der Waals surface area (Å²) in [7, 11) is 0. The molecule has 0 saturated heterocycles. The highest BCUT2D eigenvalue weighted by Gasteiger charge is 2.17. The van der Waals surface area contributed by atoms with E-state index in [9.17, 15) is 20.1 Å². The fourth-order valence-corrected chi connectivity index (χ4v) is 5.09. The predicted octanol–water partition coefficient (Wildman–Crippen LogP) is 9.98. The molecule has 45 heavy (non-hydrogen) atoms. The van der Waals surface area contributed by atoms with Crippen molar-refractivity contribution in [3.8, 4) is 0 Å². The number of allylic oxidation sites excluding steroid dienone is 9. The van der Waals surface area contributed by atoms with Gasteiger partial charge in [0, 0.05) is 6.42 Å². The van der Waals surface area contributed by atoms with Crippen LogP contribution in [0.25, 0.3) is 0 Å². The molecule has 5 nitrogen and oxygen atoms in total. The third-order valence-corrected chi connectivity index (χ3v) is 8.16. The van der Waals surface area contributed by atoms with E-state index in [0.29, 0.717) is 6.42 Å². The van der Waals surface area contributed by atoms with Crippen LogP contribution in [0.2, 0.25) is 0 Å². The van der Waals surface area contributed by atoms with Gasteiger partial charge in [0.1, 0.15) is 0 Å². The van der Waals surface area contributed by atoms with Gasteiger partial charge in [-0.05, 0) is 64.2 Å². The lowest BCUT2D eigenvalue weighted by Gasteiger charge is -2.19. The van der Waals surface area contributed by atoms with Crippen molar-refractivity contribution in [1.29, 1.82) is 0 Å². The van der Waals surface area contributed by atoms with Crippen LogP contribution in [0.4, 0.5) is 0 Å². The van der Waals surface area contributed by atoms with Gasteiger partial charge in [-0.2, -0.15) is 0 Å². The summed E-state index contributed by atoms with van der Waals surface area (Å²) in [5, 5.41) is 32.4. The van der Waals surface area contributed by atoms with Gasteiger partial charge in [-0.1, -0.05) is 152 Å². The average molecular weight is 630 g/mol. The Hall–Kier alpha value is -1.95. The molecule has 0 aliphatic carbocycles. The number of hydrogen-bond acceptors (Lipinski definition) is 4. The molecule has 0 aromatic rings. The van der Waals surface area contributed by atoms with Gasteiger partial charge in [-0.25, -0.2) is 0 Å². The van der Waals surface area contributed by atoms with E-state index in [2.05, 4.69) is 60.8 Å². The Balaban J connectivity index is 3.78. The predicted molar refractivity (Wildman–Crippen MR) is 194 cm³/mol. The second-order valence-electron chi connectivity index (χ2n) is 12.4. The van der Waals surface area contributed by atoms with Crippen LogP contribution in [0.5, 0.6) is 0 Å². The van der Waals surface area contributed by atoms with Crippen molar-refractivity contribution in [2.45, 2.75) is 180 Å². The summed E-state index contributed by atoms with van der Waals surface area (Å²) in [6, 6.07) is -0.661. The highest BCUT2D eigenvalue weighted by Crippen LogP contribution is 2.13. The number of nitrogens with one attached hydrogen (secondary N) is 1. The molecular formula is C40H71NO4. The SMILES string of the molecule is CCCCCCCCCCCCCCC/C=C/[C@@H](O)[C@H](CO)NC(=O)CCC/C=C\C/C=C\C/C=C\C/C=C\CC[C@H](O)CC. The number of carbonyl (C=O) groups is 1. The van der Waals surface area contributed by atoms with Crippen molar-refractivity contribution in [2.24, 2.45) is 0 Å². The van der Waals surface area contributed by atoms with Crippen LogP contribution in [0.3, 0.4) is 0 Å². The highest BCUT2D eigenvalue weighted by molar-refractivity contribution is 5.76. The summed E-state index contributed by atoms with van der Waals surface area (Å²) < 4.78 is 0. The lowest BCUT2D eigenvalue weighted by Crippen LogP contribution is -2.45. The van der Waals surface area contributed by atoms with E-state index in [4.69, 9.17) is 0 Å². The van der Waals surface area contributed by atoms with Gasteiger partial charge in [0.25, 0.3) is 0 Å². The fourth-order valence-electron chi connectivity index (χ4n) is 5.09. The second kappa shape index (κ2) is 34.9. The first-order valence-electron chi connectivity index (χ1n) is 18.6. The normalized spacial score (nSPS) is 14.5. The number of carbonyl (C=O) groups excluding carboxylic acids is 1. The first-order chi connectivity index (χ1) is 22.0. The van der Waals surface area contributed by atoms with E-state index < -0.39 is 12.1 Å². The van der Waals surface area contributed by atoms with Gasteiger partial charge in [-0.15, -0.1) is 0 Å². The van der Waals surface area contributed by atoms with E-state index in [1.165, 1.54) is 77.0 Å². The van der Waals surface area contributed by atoms with Crippen LogP contribution >= 0.6 is 0 Å². The van der Waals surface area contributed by atoms with Crippen molar-refractivity contribution in [3.05, 3.63) is 60.8 Å². The molecule has 0 heterocycles. The monoisotopic (exact) mass is 630 g/mol. The molecule has 3 atom stereocenters. The molecule has 0 aliphatic heterocycles. The maximum absolute atomic E-state index is 12.3. The Labute approximate surface area is 278 Å². The maximum atomic E-state index is 12.3. The second-order valence-corrected chi connectivity index (χ2v) is 12.4. The first-order valence-corrected chi connectivity index (χ1v) is 18.6. The minimum absolute atomic E-state index is 0.133. The first kappa shape index (κ1) is 43.0. The molecular weight excluding hydrogens is 558 g/mol. The minimum atomic E-state index is -0.871. The zero-order valence-electron chi connectivity index (χ0n) is 29.2. The zero-order chi connectivity index (χ0) is 33.1. The summed E-state index contributed by atoms with van der Waals surface area (Å²) in [5.41, 5.74) is 0. The van der Waals surface area contributed by atoms with E-state index in [1.54, 1.807) is 6.08 Å². The van der Waals surface area contributed by atoms with E-state index in [-0.39, 0.29) is 18.6 Å². The van der Waals surface area contributed by atoms with Gasteiger partial charge in [0.2, 0.25) is 5.91 Å². The van der Waals surface area contributed by atoms with E-state index in [1.807, 2.05) is 13.0 Å². The average Bonchev–Trinajstić information content (AvgIpc) is 3.04. The topological polar surface area (TPSA) is 89.8 Å². The van der Waals surface area contributed by atoms with Crippen molar-refractivity contribution in [1.82, 2.24) is 5.32 Å². The molecule has 0 rings (SSSR count). The van der Waals surface area contributed by atoms with Gasteiger partial charge >= 0.3 is 0 Å². The molecule has 0 aromatic heterocycles. The minimum Gasteiger partial charge on any atom is -0.394 e. The molecule has 260 valence electrons. The van der Waals surface area contributed by atoms with Crippen LogP contribution in [0, 0.1) is 0 Å². The highest BCUT2D eigenvalue weighted by atomic mass is 16.3. The van der Waals surface area contributed by atoms with Crippen molar-refractivity contribution >= 4 is 5.91 Å². The number of hydrogen-bond donors (Lipinski definition) is 4. The summed E-state index contributed by atoms with van der Waals surface area (Å²) in [4.78, 5) is 12.3. The van der Waals surface area contributed by atoms with Crippen LogP contribution in [0.1, 0.15) is 162 Å². The van der Waals surface area contributed by atoms with Gasteiger partial charge in [0.05, 0.1) is 24.9 Å². The molecule has 0 radical (unpaired) electrons. The van der Waals surface area contributed by atoms with Crippen LogP contribution in [0.15, 0.2) is 60.8 Å². The molecule has 0 spiro atoms. The zero-order valence-corrected chi connectivity index (χ0v) is 29.2. The van der Waals surface area contributed by atoms with Crippen LogP contribution < -0.4 is 5.32 Å². The summed E-state index contributed by atoms with van der Waals surface area (Å²) >= 11 is 0. The molecule has 0 aliphatic rings. The fraction of sp³-hybridized carbons (Fsp3) is 0.725. The van der Waals surface area contributed by atoms with E-state index in [0.717, 1.165) is 64.2 Å². The summed E-state index contributed by atoms with van der Waals surface area (Å²) in [6.45, 7) is 3.99.